The predicted molar refractivity (Wildman–Crippen MR) is 103 cm³/mol. The highest BCUT2D eigenvalue weighted by Gasteiger charge is 2.46. The van der Waals surface area contributed by atoms with Crippen LogP contribution in [0, 0.1) is 0 Å². The Kier molecular flexibility index (Phi) is 8.51. The number of carboxylic acids is 1. The van der Waals surface area contributed by atoms with Crippen LogP contribution in [0.1, 0.15) is 45.4 Å². The summed E-state index contributed by atoms with van der Waals surface area (Å²) in [6, 6.07) is 0.0910. The summed E-state index contributed by atoms with van der Waals surface area (Å²) in [7, 11) is -3.17. The van der Waals surface area contributed by atoms with E-state index in [0.29, 0.717) is 25.8 Å². The van der Waals surface area contributed by atoms with Crippen LogP contribution in [0.3, 0.4) is 0 Å². The number of carbonyl (C=O) groups excluding carboxylic acids is 1. The van der Waals surface area contributed by atoms with Gasteiger partial charge < -0.3 is 14.9 Å². The van der Waals surface area contributed by atoms with Gasteiger partial charge in [0.15, 0.2) is 0 Å². The molecule has 174 valence electrons. The van der Waals surface area contributed by atoms with E-state index >= 15 is 0 Å². The Bertz CT molecular complexity index is 710. The summed E-state index contributed by atoms with van der Waals surface area (Å²) in [5, 5.41) is 7.12. The molecule has 1 N–H and O–H groups in total. The lowest BCUT2D eigenvalue weighted by Gasteiger charge is -2.40. The molecule has 0 aromatic heterocycles. The van der Waals surface area contributed by atoms with Crippen LogP contribution in [0.5, 0.6) is 0 Å². The molecule has 0 radical (unpaired) electrons. The average Bonchev–Trinajstić information content (AvgIpc) is 3.30. The number of nitrogens with zero attached hydrogens (tertiary/aromatic N) is 3. The molecule has 0 aromatic carbocycles. The summed E-state index contributed by atoms with van der Waals surface area (Å²) in [5.74, 6) is -2.33. The molecule has 0 bridgehead atoms. The first-order valence-electron chi connectivity index (χ1n) is 10.3. The highest BCUT2D eigenvalue weighted by molar-refractivity contribution is 7.89. The van der Waals surface area contributed by atoms with Crippen molar-refractivity contribution in [1.82, 2.24) is 14.1 Å². The van der Waals surface area contributed by atoms with Gasteiger partial charge in [-0.25, -0.2) is 13.2 Å². The molecule has 0 aromatic rings. The fraction of sp³-hybridized carbons (Fsp3) is 0.889. The van der Waals surface area contributed by atoms with Crippen molar-refractivity contribution in [2.24, 2.45) is 0 Å². The molecule has 2 atom stereocenters. The second kappa shape index (κ2) is 10.3. The smallest absolute Gasteiger partial charge is 0.475 e. The van der Waals surface area contributed by atoms with Crippen LogP contribution in [-0.4, -0.2) is 96.2 Å². The van der Waals surface area contributed by atoms with Gasteiger partial charge in [-0.1, -0.05) is 6.92 Å². The normalized spacial score (nSPS) is 25.7. The van der Waals surface area contributed by atoms with Crippen LogP contribution in [0.4, 0.5) is 13.2 Å². The Morgan fingerprint density at radius 3 is 2.23 bits per heavy atom. The number of hydrogen-bond donors (Lipinski definition) is 1. The second-order valence-corrected chi connectivity index (χ2v) is 9.87. The summed E-state index contributed by atoms with van der Waals surface area (Å²) < 4.78 is 58.3. The summed E-state index contributed by atoms with van der Waals surface area (Å²) in [4.78, 5) is 25.7. The first kappa shape index (κ1) is 24.9. The molecule has 1 amide bonds. The highest BCUT2D eigenvalue weighted by atomic mass is 32.2. The number of piperidine rings is 1. The van der Waals surface area contributed by atoms with Gasteiger partial charge in [0.2, 0.25) is 15.9 Å². The van der Waals surface area contributed by atoms with Crippen LogP contribution in [0.2, 0.25) is 0 Å². The molecule has 3 fully saturated rings. The molecule has 3 saturated heterocycles. The zero-order valence-corrected chi connectivity index (χ0v) is 17.9. The van der Waals surface area contributed by atoms with Crippen molar-refractivity contribution < 1.29 is 36.3 Å². The maximum atomic E-state index is 12.5. The number of alkyl halides is 3. The van der Waals surface area contributed by atoms with Gasteiger partial charge in [-0.15, -0.1) is 0 Å². The van der Waals surface area contributed by atoms with Gasteiger partial charge in [0.1, 0.15) is 0 Å². The lowest BCUT2D eigenvalue weighted by atomic mass is 9.97. The van der Waals surface area contributed by atoms with E-state index < -0.39 is 22.2 Å². The number of halogens is 3. The van der Waals surface area contributed by atoms with E-state index in [-0.39, 0.29) is 23.7 Å². The molecule has 12 heteroatoms. The Balaban J connectivity index is 0.000000396. The highest BCUT2D eigenvalue weighted by Crippen LogP contribution is 2.33. The zero-order chi connectivity index (χ0) is 22.5. The number of aliphatic carboxylic acids is 1. The molecule has 0 saturated carbocycles. The number of hydrogen-bond acceptors (Lipinski definition) is 5. The third-order valence-corrected chi connectivity index (χ3v) is 7.84. The van der Waals surface area contributed by atoms with E-state index in [1.165, 1.54) is 12.8 Å². The molecule has 3 heterocycles. The number of rotatable bonds is 6. The summed E-state index contributed by atoms with van der Waals surface area (Å²) in [5.41, 5.74) is 0. The van der Waals surface area contributed by atoms with Crippen LogP contribution < -0.4 is 0 Å². The van der Waals surface area contributed by atoms with Gasteiger partial charge in [0, 0.05) is 38.1 Å². The SMILES string of the molecule is CCCS(=O)(=O)N1CC[C@H]2[C@@H]1CCC(=O)N2CCN1CCCC1.O=C(O)C(F)(F)F. The van der Waals surface area contributed by atoms with Gasteiger partial charge in [0.25, 0.3) is 0 Å². The predicted octanol–water partition coefficient (Wildman–Crippen LogP) is 1.52. The Hall–Kier alpha value is -1.40. The standard InChI is InChI=1S/C16H29N3O3S.C2HF3O2/c1-2-13-23(21,22)19-10-7-14-15(19)5-6-16(20)18(14)12-11-17-8-3-4-9-17;3-2(4,5)1(6)7/h14-15H,2-13H2,1H3;(H,6,7)/t14-,15-;/m0./s1. The van der Waals surface area contributed by atoms with Crippen molar-refractivity contribution in [2.75, 3.05) is 38.5 Å². The number of amides is 1. The van der Waals surface area contributed by atoms with Crippen molar-refractivity contribution in [2.45, 2.75) is 63.7 Å². The average molecular weight is 458 g/mol. The zero-order valence-electron chi connectivity index (χ0n) is 17.1. The largest absolute Gasteiger partial charge is 0.490 e. The van der Waals surface area contributed by atoms with Crippen molar-refractivity contribution in [1.29, 1.82) is 0 Å². The minimum Gasteiger partial charge on any atom is -0.475 e. The Morgan fingerprint density at radius 1 is 1.10 bits per heavy atom. The number of carboxylic acid groups (broad SMARTS) is 1. The van der Waals surface area contributed by atoms with Gasteiger partial charge in [-0.3, -0.25) is 4.79 Å². The van der Waals surface area contributed by atoms with Gasteiger partial charge in [-0.05, 0) is 45.2 Å². The number of carbonyl (C=O) groups is 2. The van der Waals surface area contributed by atoms with E-state index in [4.69, 9.17) is 9.90 Å². The maximum Gasteiger partial charge on any atom is 0.490 e. The minimum absolute atomic E-state index is 0.00262. The van der Waals surface area contributed by atoms with Crippen molar-refractivity contribution >= 4 is 21.9 Å². The molecular formula is C18H30F3N3O5S. The van der Waals surface area contributed by atoms with Crippen molar-refractivity contribution in [3.05, 3.63) is 0 Å². The minimum atomic E-state index is -5.08. The third kappa shape index (κ3) is 6.30. The lowest BCUT2D eigenvalue weighted by Crippen LogP contribution is -2.54. The topological polar surface area (TPSA) is 98.2 Å². The van der Waals surface area contributed by atoms with Crippen LogP contribution in [0.15, 0.2) is 0 Å². The third-order valence-electron chi connectivity index (χ3n) is 5.75. The quantitative estimate of drug-likeness (QED) is 0.650. The Morgan fingerprint density at radius 2 is 1.70 bits per heavy atom. The van der Waals surface area contributed by atoms with Crippen LogP contribution in [-0.2, 0) is 19.6 Å². The van der Waals surface area contributed by atoms with Crippen LogP contribution >= 0.6 is 0 Å². The number of fused-ring (bicyclic) bond motifs is 1. The van der Waals surface area contributed by atoms with Gasteiger partial charge in [-0.2, -0.15) is 17.5 Å². The monoisotopic (exact) mass is 457 g/mol. The molecule has 0 spiro atoms. The number of sulfonamides is 1. The van der Waals surface area contributed by atoms with Gasteiger partial charge >= 0.3 is 12.1 Å². The molecule has 30 heavy (non-hydrogen) atoms. The van der Waals surface area contributed by atoms with E-state index in [9.17, 15) is 26.4 Å². The first-order valence-corrected chi connectivity index (χ1v) is 11.9. The summed E-state index contributed by atoms with van der Waals surface area (Å²) in [6.45, 7) is 6.42. The molecule has 0 unspecified atom stereocenters. The molecule has 0 aliphatic carbocycles. The van der Waals surface area contributed by atoms with Gasteiger partial charge in [0.05, 0.1) is 5.75 Å². The molecule has 3 aliphatic rings. The lowest BCUT2D eigenvalue weighted by molar-refractivity contribution is -0.192. The van der Waals surface area contributed by atoms with Crippen molar-refractivity contribution in [3.8, 4) is 0 Å². The summed E-state index contributed by atoms with van der Waals surface area (Å²) in [6.07, 6.45) is 0.0330. The first-order chi connectivity index (χ1) is 14.0. The van der Waals surface area contributed by atoms with Crippen LogP contribution in [0.25, 0.3) is 0 Å². The fourth-order valence-corrected chi connectivity index (χ4v) is 6.17. The molecule has 8 nitrogen and oxygen atoms in total. The Labute approximate surface area is 175 Å². The number of likely N-dealkylation sites (tertiary alicyclic amines) is 2. The van der Waals surface area contributed by atoms with E-state index in [2.05, 4.69) is 4.90 Å². The summed E-state index contributed by atoms with van der Waals surface area (Å²) >= 11 is 0. The van der Waals surface area contributed by atoms with E-state index in [0.717, 1.165) is 32.6 Å². The van der Waals surface area contributed by atoms with E-state index in [1.54, 1.807) is 4.31 Å². The second-order valence-electron chi connectivity index (χ2n) is 7.83. The van der Waals surface area contributed by atoms with Crippen molar-refractivity contribution in [3.63, 3.8) is 0 Å². The molecule has 3 aliphatic heterocycles. The van der Waals surface area contributed by atoms with E-state index in [1.807, 2.05) is 11.8 Å². The fourth-order valence-electron chi connectivity index (χ4n) is 4.38. The maximum absolute atomic E-state index is 12.5. The molecular weight excluding hydrogens is 427 g/mol. The molecule has 3 rings (SSSR count).